The van der Waals surface area contributed by atoms with Crippen molar-refractivity contribution < 1.29 is 10.2 Å². The van der Waals surface area contributed by atoms with Crippen molar-refractivity contribution in [1.29, 1.82) is 0 Å². The van der Waals surface area contributed by atoms with Crippen molar-refractivity contribution in [3.05, 3.63) is 22.8 Å². The van der Waals surface area contributed by atoms with Crippen LogP contribution in [-0.4, -0.2) is 10.2 Å². The number of phenolic OH excluding ortho intramolecular Hbond substituents is 2. The summed E-state index contributed by atoms with van der Waals surface area (Å²) in [6.45, 7) is 6.58. The zero-order valence-electron chi connectivity index (χ0n) is 15.5. The van der Waals surface area contributed by atoms with Gasteiger partial charge < -0.3 is 10.2 Å². The van der Waals surface area contributed by atoms with Crippen LogP contribution in [0.5, 0.6) is 11.5 Å². The number of aryl methyl sites for hydroxylation is 1. The Balaban J connectivity index is 2.98. The minimum atomic E-state index is 0.296. The Morgan fingerprint density at radius 3 is 1.65 bits per heavy atom. The van der Waals surface area contributed by atoms with Gasteiger partial charge in [-0.2, -0.15) is 0 Å². The van der Waals surface area contributed by atoms with E-state index in [0.29, 0.717) is 11.5 Å². The first-order valence-electron chi connectivity index (χ1n) is 9.71. The lowest BCUT2D eigenvalue weighted by molar-refractivity contribution is 0.428. The van der Waals surface area contributed by atoms with Crippen LogP contribution in [0.4, 0.5) is 0 Å². The fourth-order valence-electron chi connectivity index (χ4n) is 3.21. The van der Waals surface area contributed by atoms with Crippen molar-refractivity contribution in [3.8, 4) is 11.5 Å². The van der Waals surface area contributed by atoms with Gasteiger partial charge in [-0.05, 0) is 55.7 Å². The second-order valence-corrected chi connectivity index (χ2v) is 6.73. The molecule has 1 aromatic rings. The third kappa shape index (κ3) is 6.45. The van der Waals surface area contributed by atoms with Gasteiger partial charge in [-0.25, -0.2) is 0 Å². The molecule has 0 radical (unpaired) electrons. The highest BCUT2D eigenvalue weighted by molar-refractivity contribution is 5.53. The van der Waals surface area contributed by atoms with E-state index in [2.05, 4.69) is 20.8 Å². The molecule has 0 aromatic heterocycles. The summed E-state index contributed by atoms with van der Waals surface area (Å²) >= 11 is 0. The first-order valence-corrected chi connectivity index (χ1v) is 9.71. The molecule has 2 N–H and O–H groups in total. The first kappa shape index (κ1) is 19.9. The van der Waals surface area contributed by atoms with Gasteiger partial charge in [0.15, 0.2) is 0 Å². The van der Waals surface area contributed by atoms with Crippen LogP contribution in [0, 0.1) is 0 Å². The molecule has 2 nitrogen and oxygen atoms in total. The lowest BCUT2D eigenvalue weighted by atomic mass is 9.91. The molecule has 0 amide bonds. The molecule has 23 heavy (non-hydrogen) atoms. The van der Waals surface area contributed by atoms with Crippen LogP contribution in [-0.2, 0) is 19.3 Å². The van der Waals surface area contributed by atoms with E-state index in [1.807, 2.05) is 6.07 Å². The molecule has 1 aromatic carbocycles. The summed E-state index contributed by atoms with van der Waals surface area (Å²) in [4.78, 5) is 0. The Labute approximate surface area is 142 Å². The smallest absolute Gasteiger partial charge is 0.125 e. The second-order valence-electron chi connectivity index (χ2n) is 6.73. The van der Waals surface area contributed by atoms with Crippen LogP contribution in [0.3, 0.4) is 0 Å². The van der Waals surface area contributed by atoms with Crippen LogP contribution < -0.4 is 0 Å². The Hall–Kier alpha value is -1.18. The molecule has 0 unspecified atom stereocenters. The van der Waals surface area contributed by atoms with Crippen LogP contribution in [0.1, 0.15) is 95.2 Å². The molecule has 0 aliphatic heterocycles. The fraction of sp³-hybridized carbons (Fsp3) is 0.714. The molecular formula is C21H36O2. The number of aromatic hydroxyl groups is 2. The maximum Gasteiger partial charge on any atom is 0.125 e. The molecular weight excluding hydrogens is 284 g/mol. The van der Waals surface area contributed by atoms with Gasteiger partial charge in [-0.3, -0.25) is 0 Å². The molecule has 0 atom stereocenters. The molecule has 0 heterocycles. The monoisotopic (exact) mass is 320 g/mol. The lowest BCUT2D eigenvalue weighted by Gasteiger charge is -2.17. The summed E-state index contributed by atoms with van der Waals surface area (Å²) in [5.74, 6) is 0.674. The average Bonchev–Trinajstić information content (AvgIpc) is 2.53. The average molecular weight is 321 g/mol. The molecule has 0 saturated heterocycles. The Morgan fingerprint density at radius 2 is 1.13 bits per heavy atom. The first-order chi connectivity index (χ1) is 11.2. The van der Waals surface area contributed by atoms with E-state index in [4.69, 9.17) is 0 Å². The van der Waals surface area contributed by atoms with Gasteiger partial charge in [0, 0.05) is 5.56 Å². The minimum Gasteiger partial charge on any atom is -0.508 e. The van der Waals surface area contributed by atoms with Gasteiger partial charge in [0.2, 0.25) is 0 Å². The topological polar surface area (TPSA) is 40.5 Å². The predicted molar refractivity (Wildman–Crippen MR) is 99.5 cm³/mol. The predicted octanol–water partition coefficient (Wildman–Crippen LogP) is 6.30. The maximum absolute atomic E-state index is 10.7. The van der Waals surface area contributed by atoms with Crippen molar-refractivity contribution in [1.82, 2.24) is 0 Å². The van der Waals surface area contributed by atoms with E-state index in [0.717, 1.165) is 68.1 Å². The summed E-state index contributed by atoms with van der Waals surface area (Å²) < 4.78 is 0. The number of hydrogen-bond acceptors (Lipinski definition) is 2. The van der Waals surface area contributed by atoms with Gasteiger partial charge in [-0.15, -0.1) is 0 Å². The van der Waals surface area contributed by atoms with Gasteiger partial charge in [-0.1, -0.05) is 59.3 Å². The SMILES string of the molecule is CCCCCc1cc(O)c(CCCCC)c(O)c1CCCCC. The van der Waals surface area contributed by atoms with Crippen LogP contribution in [0.25, 0.3) is 0 Å². The number of rotatable bonds is 12. The minimum absolute atomic E-state index is 0.296. The molecule has 0 fully saturated rings. The molecule has 132 valence electrons. The summed E-state index contributed by atoms with van der Waals surface area (Å²) in [5.41, 5.74) is 3.02. The standard InChI is InChI=1S/C21H36O2/c1-4-7-10-13-17-16-20(22)19(15-12-9-6-3)21(23)18(17)14-11-8-5-2/h16,22-23H,4-15H2,1-3H3. The van der Waals surface area contributed by atoms with Crippen molar-refractivity contribution in [3.63, 3.8) is 0 Å². The van der Waals surface area contributed by atoms with Crippen molar-refractivity contribution in [2.24, 2.45) is 0 Å². The Morgan fingerprint density at radius 1 is 0.652 bits per heavy atom. The van der Waals surface area contributed by atoms with Crippen molar-refractivity contribution in [2.45, 2.75) is 97.8 Å². The zero-order valence-corrected chi connectivity index (χ0v) is 15.5. The number of benzene rings is 1. The molecule has 1 rings (SSSR count). The fourth-order valence-corrected chi connectivity index (χ4v) is 3.21. The highest BCUT2D eigenvalue weighted by Gasteiger charge is 2.16. The third-order valence-electron chi connectivity index (χ3n) is 4.69. The second kappa shape index (κ2) is 11.4. The number of hydrogen-bond donors (Lipinski definition) is 2. The summed E-state index contributed by atoms with van der Waals surface area (Å²) in [6, 6.07) is 1.93. The Kier molecular flexibility index (Phi) is 9.82. The molecule has 0 saturated carbocycles. The van der Waals surface area contributed by atoms with Crippen LogP contribution in [0.2, 0.25) is 0 Å². The molecule has 0 spiro atoms. The van der Waals surface area contributed by atoms with Crippen LogP contribution >= 0.6 is 0 Å². The van der Waals surface area contributed by atoms with Gasteiger partial charge in [0.1, 0.15) is 11.5 Å². The number of phenols is 2. The van der Waals surface area contributed by atoms with E-state index >= 15 is 0 Å². The summed E-state index contributed by atoms with van der Waals surface area (Å²) in [5, 5.41) is 21.1. The molecule has 0 aliphatic carbocycles. The normalized spacial score (nSPS) is 11.1. The van der Waals surface area contributed by atoms with Crippen molar-refractivity contribution in [2.75, 3.05) is 0 Å². The largest absolute Gasteiger partial charge is 0.508 e. The van der Waals surface area contributed by atoms with E-state index in [9.17, 15) is 10.2 Å². The zero-order chi connectivity index (χ0) is 17.1. The Bertz CT molecular complexity index is 452. The highest BCUT2D eigenvalue weighted by atomic mass is 16.3. The van der Waals surface area contributed by atoms with E-state index in [1.165, 1.54) is 25.7 Å². The molecule has 2 heteroatoms. The quantitative estimate of drug-likeness (QED) is 0.444. The van der Waals surface area contributed by atoms with E-state index in [-0.39, 0.29) is 0 Å². The van der Waals surface area contributed by atoms with Crippen molar-refractivity contribution >= 4 is 0 Å². The number of unbranched alkanes of at least 4 members (excludes halogenated alkanes) is 6. The van der Waals surface area contributed by atoms with E-state index < -0.39 is 0 Å². The van der Waals surface area contributed by atoms with Crippen LogP contribution in [0.15, 0.2) is 6.07 Å². The lowest BCUT2D eigenvalue weighted by Crippen LogP contribution is -2.00. The maximum atomic E-state index is 10.7. The molecule has 0 bridgehead atoms. The third-order valence-corrected chi connectivity index (χ3v) is 4.69. The summed E-state index contributed by atoms with van der Waals surface area (Å²) in [6.07, 6.45) is 13.0. The van der Waals surface area contributed by atoms with Gasteiger partial charge >= 0.3 is 0 Å². The molecule has 0 aliphatic rings. The van der Waals surface area contributed by atoms with E-state index in [1.54, 1.807) is 0 Å². The van der Waals surface area contributed by atoms with Gasteiger partial charge in [0.25, 0.3) is 0 Å². The van der Waals surface area contributed by atoms with Gasteiger partial charge in [0.05, 0.1) is 0 Å². The summed E-state index contributed by atoms with van der Waals surface area (Å²) in [7, 11) is 0. The highest BCUT2D eigenvalue weighted by Crippen LogP contribution is 2.36.